The lowest BCUT2D eigenvalue weighted by molar-refractivity contribution is 0.397. The minimum absolute atomic E-state index is 0.502. The van der Waals surface area contributed by atoms with E-state index in [1.54, 1.807) is 24.1 Å². The van der Waals surface area contributed by atoms with Gasteiger partial charge in [0, 0.05) is 37.8 Å². The van der Waals surface area contributed by atoms with Gasteiger partial charge < -0.3 is 10.1 Å². The number of aromatic nitrogens is 7. The van der Waals surface area contributed by atoms with E-state index in [1.165, 1.54) is 18.4 Å². The van der Waals surface area contributed by atoms with Crippen molar-refractivity contribution in [3.05, 3.63) is 36.2 Å². The number of anilines is 2. The molecule has 0 amide bonds. The fourth-order valence-electron chi connectivity index (χ4n) is 3.34. The van der Waals surface area contributed by atoms with Crippen molar-refractivity contribution in [2.75, 3.05) is 12.4 Å². The molecule has 1 aliphatic carbocycles. The topological polar surface area (TPSA) is 95.6 Å². The minimum Gasteiger partial charge on any atom is -0.481 e. The van der Waals surface area contributed by atoms with Crippen molar-refractivity contribution in [1.29, 1.82) is 0 Å². The number of aryl methyl sites for hydroxylation is 2. The quantitative estimate of drug-likeness (QED) is 0.572. The van der Waals surface area contributed by atoms with Crippen LogP contribution in [0, 0.1) is 0 Å². The summed E-state index contributed by atoms with van der Waals surface area (Å²) in [6, 6.07) is 5.73. The van der Waals surface area contributed by atoms with Gasteiger partial charge in [-0.15, -0.1) is 0 Å². The molecule has 0 aliphatic heterocycles. The predicted octanol–water partition coefficient (Wildman–Crippen LogP) is 2.79. The standard InChI is InChI=1S/C19H20N8O/c1-26-16(9-14(25-26)18-20-7-6-17(24-18)28-3)22-15-8-12(11-4-5-11)13-10-21-27(2)19(13)23-15/h6-11H,4-5H2,1-3H3,(H,22,23). The monoisotopic (exact) mass is 376 g/mol. The summed E-state index contributed by atoms with van der Waals surface area (Å²) in [6.45, 7) is 0. The van der Waals surface area contributed by atoms with Gasteiger partial charge in [-0.05, 0) is 30.4 Å². The molecule has 4 aromatic rings. The summed E-state index contributed by atoms with van der Waals surface area (Å²) < 4.78 is 8.74. The smallest absolute Gasteiger partial charge is 0.216 e. The first-order chi connectivity index (χ1) is 13.6. The number of pyridine rings is 1. The highest BCUT2D eigenvalue weighted by Crippen LogP contribution is 2.43. The molecule has 28 heavy (non-hydrogen) atoms. The molecule has 0 radical (unpaired) electrons. The van der Waals surface area contributed by atoms with Crippen LogP contribution in [0.5, 0.6) is 5.88 Å². The van der Waals surface area contributed by atoms with Crippen molar-refractivity contribution in [1.82, 2.24) is 34.5 Å². The van der Waals surface area contributed by atoms with Gasteiger partial charge in [0.15, 0.2) is 11.5 Å². The average molecular weight is 376 g/mol. The van der Waals surface area contributed by atoms with Crippen LogP contribution in [0.3, 0.4) is 0 Å². The molecule has 9 nitrogen and oxygen atoms in total. The third kappa shape index (κ3) is 2.84. The molecule has 0 aromatic carbocycles. The second-order valence-electron chi connectivity index (χ2n) is 6.96. The summed E-state index contributed by atoms with van der Waals surface area (Å²) in [7, 11) is 5.36. The Morgan fingerprint density at radius 2 is 2.00 bits per heavy atom. The van der Waals surface area contributed by atoms with Crippen LogP contribution in [0.1, 0.15) is 24.3 Å². The SMILES string of the molecule is COc1ccnc(-c2cc(Nc3cc(C4CC4)c4cnn(C)c4n3)n(C)n2)n1. The predicted molar refractivity (Wildman–Crippen MR) is 105 cm³/mol. The molecule has 142 valence electrons. The van der Waals surface area contributed by atoms with Gasteiger partial charge in [-0.3, -0.25) is 9.36 Å². The second-order valence-corrected chi connectivity index (χ2v) is 6.96. The molecular formula is C19H20N8O. The average Bonchev–Trinajstić information content (AvgIpc) is 3.41. The van der Waals surface area contributed by atoms with E-state index >= 15 is 0 Å². The number of nitrogens with zero attached hydrogens (tertiary/aromatic N) is 7. The second kappa shape index (κ2) is 6.29. The van der Waals surface area contributed by atoms with E-state index in [2.05, 4.69) is 31.5 Å². The van der Waals surface area contributed by atoms with E-state index < -0.39 is 0 Å². The largest absolute Gasteiger partial charge is 0.481 e. The zero-order valence-electron chi connectivity index (χ0n) is 15.9. The van der Waals surface area contributed by atoms with Crippen molar-refractivity contribution in [3.63, 3.8) is 0 Å². The number of methoxy groups -OCH3 is 1. The minimum atomic E-state index is 0.502. The number of fused-ring (bicyclic) bond motifs is 1. The van der Waals surface area contributed by atoms with Crippen LogP contribution in [0.2, 0.25) is 0 Å². The number of nitrogens with one attached hydrogen (secondary N) is 1. The zero-order valence-corrected chi connectivity index (χ0v) is 15.9. The van der Waals surface area contributed by atoms with Gasteiger partial charge in [0.25, 0.3) is 0 Å². The molecule has 4 heterocycles. The van der Waals surface area contributed by atoms with E-state index in [0.29, 0.717) is 23.3 Å². The maximum absolute atomic E-state index is 5.18. The first kappa shape index (κ1) is 16.7. The molecule has 0 bridgehead atoms. The Labute approximate surface area is 161 Å². The Morgan fingerprint density at radius 1 is 1.14 bits per heavy atom. The van der Waals surface area contributed by atoms with Crippen molar-refractivity contribution in [2.24, 2.45) is 14.1 Å². The highest BCUT2D eigenvalue weighted by Gasteiger charge is 2.27. The van der Waals surface area contributed by atoms with Gasteiger partial charge in [0.1, 0.15) is 17.3 Å². The van der Waals surface area contributed by atoms with Gasteiger partial charge >= 0.3 is 0 Å². The first-order valence-corrected chi connectivity index (χ1v) is 9.13. The third-order valence-electron chi connectivity index (χ3n) is 4.96. The summed E-state index contributed by atoms with van der Waals surface area (Å²) in [6.07, 6.45) is 6.00. The Morgan fingerprint density at radius 3 is 2.79 bits per heavy atom. The highest BCUT2D eigenvalue weighted by molar-refractivity contribution is 5.82. The highest BCUT2D eigenvalue weighted by atomic mass is 16.5. The summed E-state index contributed by atoms with van der Waals surface area (Å²) >= 11 is 0. The summed E-state index contributed by atoms with van der Waals surface area (Å²) in [5.74, 6) is 3.19. The van der Waals surface area contributed by atoms with E-state index in [0.717, 1.165) is 22.7 Å². The Kier molecular flexibility index (Phi) is 3.75. The first-order valence-electron chi connectivity index (χ1n) is 9.13. The molecule has 4 aromatic heterocycles. The number of ether oxygens (including phenoxy) is 1. The Bertz CT molecular complexity index is 1170. The van der Waals surface area contributed by atoms with Crippen LogP contribution >= 0.6 is 0 Å². The van der Waals surface area contributed by atoms with E-state index in [-0.39, 0.29) is 0 Å². The van der Waals surface area contributed by atoms with Crippen molar-refractivity contribution in [3.8, 4) is 17.4 Å². The number of rotatable bonds is 5. The Balaban J connectivity index is 1.51. The van der Waals surface area contributed by atoms with Crippen LogP contribution in [0.4, 0.5) is 11.6 Å². The molecule has 1 aliphatic rings. The van der Waals surface area contributed by atoms with Crippen LogP contribution in [-0.2, 0) is 14.1 Å². The summed E-state index contributed by atoms with van der Waals surface area (Å²) in [5, 5.41) is 13.4. The van der Waals surface area contributed by atoms with Crippen molar-refractivity contribution >= 4 is 22.7 Å². The van der Waals surface area contributed by atoms with Gasteiger partial charge in [0.2, 0.25) is 5.88 Å². The normalized spacial score (nSPS) is 13.8. The van der Waals surface area contributed by atoms with Gasteiger partial charge in [-0.1, -0.05) is 0 Å². The molecule has 1 fully saturated rings. The zero-order chi connectivity index (χ0) is 19.3. The molecule has 0 saturated heterocycles. The third-order valence-corrected chi connectivity index (χ3v) is 4.96. The molecule has 0 atom stereocenters. The summed E-state index contributed by atoms with van der Waals surface area (Å²) in [4.78, 5) is 13.4. The van der Waals surface area contributed by atoms with Crippen molar-refractivity contribution in [2.45, 2.75) is 18.8 Å². The van der Waals surface area contributed by atoms with Crippen LogP contribution in [0.25, 0.3) is 22.6 Å². The Hall–Kier alpha value is -3.49. The van der Waals surface area contributed by atoms with Gasteiger partial charge in [0.05, 0.1) is 13.3 Å². The lowest BCUT2D eigenvalue weighted by Gasteiger charge is -2.09. The maximum Gasteiger partial charge on any atom is 0.216 e. The van der Waals surface area contributed by atoms with Crippen LogP contribution < -0.4 is 10.1 Å². The number of hydrogen-bond acceptors (Lipinski definition) is 7. The van der Waals surface area contributed by atoms with Gasteiger partial charge in [-0.2, -0.15) is 15.2 Å². The van der Waals surface area contributed by atoms with E-state index in [1.807, 2.05) is 31.0 Å². The van der Waals surface area contributed by atoms with Crippen LogP contribution in [0.15, 0.2) is 30.6 Å². The fourth-order valence-corrected chi connectivity index (χ4v) is 3.34. The molecule has 1 saturated carbocycles. The number of hydrogen-bond donors (Lipinski definition) is 1. The lowest BCUT2D eigenvalue weighted by atomic mass is 10.1. The molecular weight excluding hydrogens is 356 g/mol. The van der Waals surface area contributed by atoms with Crippen molar-refractivity contribution < 1.29 is 4.74 Å². The molecule has 9 heteroatoms. The van der Waals surface area contributed by atoms with Crippen LogP contribution in [-0.4, -0.2) is 41.6 Å². The van der Waals surface area contributed by atoms with E-state index in [4.69, 9.17) is 9.72 Å². The molecule has 0 unspecified atom stereocenters. The lowest BCUT2D eigenvalue weighted by Crippen LogP contribution is -2.03. The molecule has 1 N–H and O–H groups in total. The van der Waals surface area contributed by atoms with Gasteiger partial charge in [-0.25, -0.2) is 9.97 Å². The summed E-state index contributed by atoms with van der Waals surface area (Å²) in [5.41, 5.74) is 2.84. The fraction of sp³-hybridized carbons (Fsp3) is 0.316. The molecule has 0 spiro atoms. The molecule has 5 rings (SSSR count). The maximum atomic E-state index is 5.18. The van der Waals surface area contributed by atoms with E-state index in [9.17, 15) is 0 Å².